The molecule has 0 saturated heterocycles. The van der Waals surface area contributed by atoms with Crippen molar-refractivity contribution in [2.75, 3.05) is 11.9 Å². The molecule has 0 heterocycles. The minimum absolute atomic E-state index is 0.0747. The normalized spacial score (nSPS) is 10.2. The fourth-order valence-electron chi connectivity index (χ4n) is 1.55. The predicted octanol–water partition coefficient (Wildman–Crippen LogP) is 2.51. The van der Waals surface area contributed by atoms with Crippen LogP contribution in [-0.4, -0.2) is 23.4 Å². The summed E-state index contributed by atoms with van der Waals surface area (Å²) in [6.07, 6.45) is 0.932. The molecule has 1 aromatic carbocycles. The first kappa shape index (κ1) is 16.6. The van der Waals surface area contributed by atoms with Gasteiger partial charge in [0.25, 0.3) is 11.6 Å². The van der Waals surface area contributed by atoms with Gasteiger partial charge in [0.15, 0.2) is 6.61 Å². The topological polar surface area (TPSA) is 98.5 Å². The van der Waals surface area contributed by atoms with Crippen LogP contribution in [0.3, 0.4) is 0 Å². The molecule has 0 aliphatic rings. The van der Waals surface area contributed by atoms with E-state index in [1.165, 1.54) is 18.2 Å². The quantitative estimate of drug-likeness (QED) is 0.473. The molecule has 7 nitrogen and oxygen atoms in total. The second-order valence-corrected chi connectivity index (χ2v) is 4.92. The summed E-state index contributed by atoms with van der Waals surface area (Å²) in [5, 5.41) is 13.1. The average molecular weight is 294 g/mol. The molecule has 1 rings (SSSR count). The third-order valence-electron chi connectivity index (χ3n) is 2.66. The van der Waals surface area contributed by atoms with Gasteiger partial charge in [0.1, 0.15) is 5.69 Å². The lowest BCUT2D eigenvalue weighted by molar-refractivity contribution is -0.383. The Morgan fingerprint density at radius 1 is 1.33 bits per heavy atom. The number of nitro benzene ring substituents is 1. The Morgan fingerprint density at radius 3 is 2.62 bits per heavy atom. The zero-order chi connectivity index (χ0) is 15.8. The first-order chi connectivity index (χ1) is 9.90. The molecule has 0 spiro atoms. The van der Waals surface area contributed by atoms with Crippen molar-refractivity contribution in [3.05, 3.63) is 34.4 Å². The van der Waals surface area contributed by atoms with Crippen molar-refractivity contribution in [2.24, 2.45) is 5.92 Å². The van der Waals surface area contributed by atoms with E-state index in [0.717, 1.165) is 0 Å². The molecule has 0 saturated carbocycles. The van der Waals surface area contributed by atoms with Crippen molar-refractivity contribution in [3.8, 4) is 0 Å². The number of carbonyl (C=O) groups is 2. The Kier molecular flexibility index (Phi) is 6.32. The lowest BCUT2D eigenvalue weighted by atomic mass is 10.1. The fourth-order valence-corrected chi connectivity index (χ4v) is 1.55. The summed E-state index contributed by atoms with van der Waals surface area (Å²) >= 11 is 0. The van der Waals surface area contributed by atoms with Crippen LogP contribution in [0.15, 0.2) is 24.3 Å². The highest BCUT2D eigenvalue weighted by Gasteiger charge is 2.15. The Bertz CT molecular complexity index is 528. The molecule has 7 heteroatoms. The van der Waals surface area contributed by atoms with Crippen molar-refractivity contribution in [3.63, 3.8) is 0 Å². The second-order valence-electron chi connectivity index (χ2n) is 4.92. The molecule has 0 unspecified atom stereocenters. The van der Waals surface area contributed by atoms with Gasteiger partial charge in [-0.3, -0.25) is 19.7 Å². The third-order valence-corrected chi connectivity index (χ3v) is 2.66. The summed E-state index contributed by atoms with van der Waals surface area (Å²) in [6, 6.07) is 5.76. The van der Waals surface area contributed by atoms with Gasteiger partial charge in [-0.2, -0.15) is 0 Å². The average Bonchev–Trinajstić information content (AvgIpc) is 2.43. The molecule has 114 valence electrons. The largest absolute Gasteiger partial charge is 0.456 e. The van der Waals surface area contributed by atoms with Crippen LogP contribution in [0.25, 0.3) is 0 Å². The molecule has 0 fully saturated rings. The van der Waals surface area contributed by atoms with Gasteiger partial charge in [-0.1, -0.05) is 26.0 Å². The number of carbonyl (C=O) groups excluding carboxylic acids is 2. The SMILES string of the molecule is CC(C)CCC(=O)OCC(=O)Nc1ccccc1[N+](=O)[O-]. The van der Waals surface area contributed by atoms with E-state index in [0.29, 0.717) is 12.3 Å². The molecule has 21 heavy (non-hydrogen) atoms. The van der Waals surface area contributed by atoms with E-state index in [-0.39, 0.29) is 17.8 Å². The summed E-state index contributed by atoms with van der Waals surface area (Å²) < 4.78 is 4.81. The Hall–Kier alpha value is -2.44. The van der Waals surface area contributed by atoms with Gasteiger partial charge in [0.2, 0.25) is 0 Å². The van der Waals surface area contributed by atoms with Crippen LogP contribution in [0.4, 0.5) is 11.4 Å². The molecule has 1 aromatic rings. The number of nitrogens with one attached hydrogen (secondary N) is 1. The minimum atomic E-state index is -0.609. The second kappa shape index (κ2) is 7.98. The number of rotatable bonds is 7. The Balaban J connectivity index is 2.48. The van der Waals surface area contributed by atoms with Crippen LogP contribution in [-0.2, 0) is 14.3 Å². The smallest absolute Gasteiger partial charge is 0.306 e. The highest BCUT2D eigenvalue weighted by atomic mass is 16.6. The maximum absolute atomic E-state index is 11.6. The number of hydrogen-bond donors (Lipinski definition) is 1. The zero-order valence-corrected chi connectivity index (χ0v) is 12.0. The fraction of sp³-hybridized carbons (Fsp3) is 0.429. The number of ether oxygens (including phenoxy) is 1. The summed E-state index contributed by atoms with van der Waals surface area (Å²) in [5.74, 6) is -0.693. The van der Waals surface area contributed by atoms with E-state index in [2.05, 4.69) is 5.32 Å². The van der Waals surface area contributed by atoms with E-state index >= 15 is 0 Å². The standard InChI is InChI=1S/C14H18N2O5/c1-10(2)7-8-14(18)21-9-13(17)15-11-5-3-4-6-12(11)16(19)20/h3-6,10H,7-9H2,1-2H3,(H,15,17). The lowest BCUT2D eigenvalue weighted by Gasteiger charge is -2.07. The molecule has 0 radical (unpaired) electrons. The maximum Gasteiger partial charge on any atom is 0.306 e. The summed E-state index contributed by atoms with van der Waals surface area (Å²) in [6.45, 7) is 3.51. The van der Waals surface area contributed by atoms with Crippen molar-refractivity contribution < 1.29 is 19.2 Å². The molecule has 1 N–H and O–H groups in total. The van der Waals surface area contributed by atoms with Crippen LogP contribution in [0.1, 0.15) is 26.7 Å². The van der Waals surface area contributed by atoms with E-state index in [1.807, 2.05) is 13.8 Å². The summed E-state index contributed by atoms with van der Waals surface area (Å²) in [7, 11) is 0. The molecule has 0 atom stereocenters. The number of anilines is 1. The number of benzene rings is 1. The lowest BCUT2D eigenvalue weighted by Crippen LogP contribution is -2.21. The van der Waals surface area contributed by atoms with Gasteiger partial charge < -0.3 is 10.1 Å². The van der Waals surface area contributed by atoms with Gasteiger partial charge in [-0.25, -0.2) is 0 Å². The first-order valence-electron chi connectivity index (χ1n) is 6.59. The van der Waals surface area contributed by atoms with Crippen LogP contribution in [0.2, 0.25) is 0 Å². The highest BCUT2D eigenvalue weighted by molar-refractivity contribution is 5.94. The van der Waals surface area contributed by atoms with Crippen molar-refractivity contribution in [2.45, 2.75) is 26.7 Å². The Morgan fingerprint density at radius 2 is 2.00 bits per heavy atom. The minimum Gasteiger partial charge on any atom is -0.456 e. The third kappa shape index (κ3) is 6.03. The predicted molar refractivity (Wildman–Crippen MR) is 76.8 cm³/mol. The van der Waals surface area contributed by atoms with E-state index in [9.17, 15) is 19.7 Å². The van der Waals surface area contributed by atoms with E-state index < -0.39 is 23.4 Å². The van der Waals surface area contributed by atoms with Crippen molar-refractivity contribution in [1.82, 2.24) is 0 Å². The van der Waals surface area contributed by atoms with Gasteiger partial charge >= 0.3 is 5.97 Å². The molecular formula is C14H18N2O5. The van der Waals surface area contributed by atoms with Crippen LogP contribution in [0, 0.1) is 16.0 Å². The number of para-hydroxylation sites is 2. The number of amides is 1. The monoisotopic (exact) mass is 294 g/mol. The summed E-state index contributed by atoms with van der Waals surface area (Å²) in [4.78, 5) is 33.2. The number of hydrogen-bond acceptors (Lipinski definition) is 5. The molecule has 0 aliphatic carbocycles. The van der Waals surface area contributed by atoms with Gasteiger partial charge in [-0.05, 0) is 18.4 Å². The van der Waals surface area contributed by atoms with Crippen molar-refractivity contribution >= 4 is 23.3 Å². The number of nitrogens with zero attached hydrogens (tertiary/aromatic N) is 1. The van der Waals surface area contributed by atoms with Crippen molar-refractivity contribution in [1.29, 1.82) is 0 Å². The maximum atomic E-state index is 11.6. The van der Waals surface area contributed by atoms with Crippen LogP contribution < -0.4 is 5.32 Å². The number of nitro groups is 1. The van der Waals surface area contributed by atoms with Gasteiger partial charge in [-0.15, -0.1) is 0 Å². The van der Waals surface area contributed by atoms with E-state index in [1.54, 1.807) is 6.07 Å². The van der Waals surface area contributed by atoms with Gasteiger partial charge in [0.05, 0.1) is 4.92 Å². The summed E-state index contributed by atoms with van der Waals surface area (Å²) in [5.41, 5.74) is -0.136. The molecule has 0 aromatic heterocycles. The van der Waals surface area contributed by atoms with E-state index in [4.69, 9.17) is 4.74 Å². The molecule has 0 bridgehead atoms. The molecule has 0 aliphatic heterocycles. The highest BCUT2D eigenvalue weighted by Crippen LogP contribution is 2.22. The molecular weight excluding hydrogens is 276 g/mol. The van der Waals surface area contributed by atoms with Crippen LogP contribution in [0.5, 0.6) is 0 Å². The number of esters is 1. The first-order valence-corrected chi connectivity index (χ1v) is 6.59. The van der Waals surface area contributed by atoms with Gasteiger partial charge in [0, 0.05) is 12.5 Å². The Labute approximate surface area is 122 Å². The zero-order valence-electron chi connectivity index (χ0n) is 12.0. The molecule has 1 amide bonds. The van der Waals surface area contributed by atoms with Crippen LogP contribution >= 0.6 is 0 Å².